The van der Waals surface area contributed by atoms with E-state index in [9.17, 15) is 9.90 Å². The SMILES string of the molecule is CCCCc1c(C(=O)O)sc2cccc(Cl)c12. The van der Waals surface area contributed by atoms with E-state index in [4.69, 9.17) is 11.6 Å². The van der Waals surface area contributed by atoms with Gasteiger partial charge in [0.15, 0.2) is 0 Å². The quantitative estimate of drug-likeness (QED) is 0.880. The molecule has 0 aliphatic heterocycles. The van der Waals surface area contributed by atoms with Crippen LogP contribution in [0.5, 0.6) is 0 Å². The Morgan fingerprint density at radius 1 is 1.47 bits per heavy atom. The van der Waals surface area contributed by atoms with Crippen molar-refractivity contribution in [2.24, 2.45) is 0 Å². The lowest BCUT2D eigenvalue weighted by atomic mass is 10.0. The van der Waals surface area contributed by atoms with Crippen LogP contribution >= 0.6 is 22.9 Å². The number of thiophene rings is 1. The van der Waals surface area contributed by atoms with Crippen LogP contribution in [-0.4, -0.2) is 11.1 Å². The van der Waals surface area contributed by atoms with E-state index in [0.29, 0.717) is 9.90 Å². The smallest absolute Gasteiger partial charge is 0.346 e. The first kappa shape index (κ1) is 12.4. The average Bonchev–Trinajstić information content (AvgIpc) is 2.66. The molecule has 1 aromatic carbocycles. The van der Waals surface area contributed by atoms with Gasteiger partial charge in [-0.1, -0.05) is 31.0 Å². The molecular formula is C13H13ClO2S. The molecule has 0 fully saturated rings. The highest BCUT2D eigenvalue weighted by atomic mass is 35.5. The van der Waals surface area contributed by atoms with Gasteiger partial charge in [0, 0.05) is 15.1 Å². The highest BCUT2D eigenvalue weighted by Crippen LogP contribution is 2.36. The summed E-state index contributed by atoms with van der Waals surface area (Å²) in [5.41, 5.74) is 0.893. The number of aryl methyl sites for hydroxylation is 1. The molecule has 0 aliphatic rings. The molecule has 90 valence electrons. The number of halogens is 1. The minimum Gasteiger partial charge on any atom is -0.477 e. The lowest BCUT2D eigenvalue weighted by Gasteiger charge is -2.01. The Labute approximate surface area is 109 Å². The highest BCUT2D eigenvalue weighted by Gasteiger charge is 2.18. The normalized spacial score (nSPS) is 10.9. The van der Waals surface area contributed by atoms with Gasteiger partial charge in [0.05, 0.1) is 0 Å². The fraction of sp³-hybridized carbons (Fsp3) is 0.308. The molecule has 0 aliphatic carbocycles. The second-order valence-electron chi connectivity index (χ2n) is 3.93. The van der Waals surface area contributed by atoms with Crippen LogP contribution in [0.2, 0.25) is 5.02 Å². The molecule has 17 heavy (non-hydrogen) atoms. The second-order valence-corrected chi connectivity index (χ2v) is 5.39. The summed E-state index contributed by atoms with van der Waals surface area (Å²) in [6.45, 7) is 2.09. The van der Waals surface area contributed by atoms with Gasteiger partial charge in [0.1, 0.15) is 4.88 Å². The number of carboxylic acids is 1. The van der Waals surface area contributed by atoms with Gasteiger partial charge in [0.2, 0.25) is 0 Å². The predicted molar refractivity (Wildman–Crippen MR) is 72.4 cm³/mol. The summed E-state index contributed by atoms with van der Waals surface area (Å²) in [5.74, 6) is -0.853. The summed E-state index contributed by atoms with van der Waals surface area (Å²) in [6, 6.07) is 5.60. The van der Waals surface area contributed by atoms with E-state index < -0.39 is 5.97 Å². The molecule has 1 heterocycles. The number of unbranched alkanes of at least 4 members (excludes halogenated alkanes) is 1. The molecule has 0 radical (unpaired) electrons. The Balaban J connectivity index is 2.64. The third kappa shape index (κ3) is 2.31. The summed E-state index contributed by atoms with van der Waals surface area (Å²) < 4.78 is 0.959. The maximum atomic E-state index is 11.2. The third-order valence-electron chi connectivity index (χ3n) is 2.74. The van der Waals surface area contributed by atoms with E-state index >= 15 is 0 Å². The molecule has 0 saturated heterocycles. The average molecular weight is 269 g/mol. The number of hydrogen-bond acceptors (Lipinski definition) is 2. The molecule has 1 aromatic heterocycles. The van der Waals surface area contributed by atoms with Crippen LogP contribution in [0.3, 0.4) is 0 Å². The monoisotopic (exact) mass is 268 g/mol. The molecular weight excluding hydrogens is 256 g/mol. The Morgan fingerprint density at radius 2 is 2.24 bits per heavy atom. The van der Waals surface area contributed by atoms with E-state index in [1.54, 1.807) is 0 Å². The van der Waals surface area contributed by atoms with Crippen molar-refractivity contribution in [1.82, 2.24) is 0 Å². The van der Waals surface area contributed by atoms with E-state index in [1.807, 2.05) is 18.2 Å². The molecule has 0 bridgehead atoms. The summed E-state index contributed by atoms with van der Waals surface area (Å²) in [5, 5.41) is 10.8. The number of carboxylic acid groups (broad SMARTS) is 1. The van der Waals surface area contributed by atoms with Crippen LogP contribution in [0.1, 0.15) is 35.0 Å². The topological polar surface area (TPSA) is 37.3 Å². The van der Waals surface area contributed by atoms with Gasteiger partial charge in [-0.2, -0.15) is 0 Å². The molecule has 1 N–H and O–H groups in total. The number of aromatic carboxylic acids is 1. The molecule has 0 spiro atoms. The van der Waals surface area contributed by atoms with E-state index in [0.717, 1.165) is 34.9 Å². The zero-order chi connectivity index (χ0) is 12.4. The minimum absolute atomic E-state index is 0.432. The van der Waals surface area contributed by atoms with Crippen LogP contribution in [0.4, 0.5) is 0 Å². The Bertz CT molecular complexity index is 560. The van der Waals surface area contributed by atoms with Crippen LogP contribution in [0.15, 0.2) is 18.2 Å². The molecule has 2 aromatic rings. The largest absolute Gasteiger partial charge is 0.477 e. The van der Waals surface area contributed by atoms with Crippen molar-refractivity contribution >= 4 is 39.0 Å². The van der Waals surface area contributed by atoms with Gasteiger partial charge < -0.3 is 5.11 Å². The number of carbonyl (C=O) groups is 1. The number of rotatable bonds is 4. The Morgan fingerprint density at radius 3 is 2.88 bits per heavy atom. The van der Waals surface area contributed by atoms with Crippen molar-refractivity contribution < 1.29 is 9.90 Å². The summed E-state index contributed by atoms with van der Waals surface area (Å²) >= 11 is 7.49. The van der Waals surface area contributed by atoms with Crippen molar-refractivity contribution in [3.8, 4) is 0 Å². The molecule has 0 atom stereocenters. The molecule has 2 rings (SSSR count). The fourth-order valence-electron chi connectivity index (χ4n) is 1.93. The first-order valence-corrected chi connectivity index (χ1v) is 6.77. The molecule has 0 saturated carbocycles. The van der Waals surface area contributed by atoms with Crippen LogP contribution in [-0.2, 0) is 6.42 Å². The van der Waals surface area contributed by atoms with Gasteiger partial charge in [-0.05, 0) is 30.5 Å². The van der Waals surface area contributed by atoms with Gasteiger partial charge in [-0.15, -0.1) is 11.3 Å². The molecule has 4 heteroatoms. The van der Waals surface area contributed by atoms with Crippen LogP contribution < -0.4 is 0 Å². The first-order valence-electron chi connectivity index (χ1n) is 5.58. The van der Waals surface area contributed by atoms with Crippen LogP contribution in [0.25, 0.3) is 10.1 Å². The van der Waals surface area contributed by atoms with E-state index in [2.05, 4.69) is 6.92 Å². The minimum atomic E-state index is -0.853. The lowest BCUT2D eigenvalue weighted by molar-refractivity contribution is 0.0701. The van der Waals surface area contributed by atoms with E-state index in [1.165, 1.54) is 11.3 Å². The van der Waals surface area contributed by atoms with Crippen molar-refractivity contribution in [3.63, 3.8) is 0 Å². The maximum Gasteiger partial charge on any atom is 0.346 e. The molecule has 2 nitrogen and oxygen atoms in total. The molecule has 0 amide bonds. The number of benzene rings is 1. The highest BCUT2D eigenvalue weighted by molar-refractivity contribution is 7.21. The fourth-order valence-corrected chi connectivity index (χ4v) is 3.39. The zero-order valence-corrected chi connectivity index (χ0v) is 11.1. The van der Waals surface area contributed by atoms with Crippen molar-refractivity contribution in [2.45, 2.75) is 26.2 Å². The maximum absolute atomic E-state index is 11.2. The first-order chi connectivity index (χ1) is 8.15. The Kier molecular flexibility index (Phi) is 3.69. The summed E-state index contributed by atoms with van der Waals surface area (Å²) in [6.07, 6.45) is 2.81. The molecule has 0 unspecified atom stereocenters. The van der Waals surface area contributed by atoms with Crippen LogP contribution in [0, 0.1) is 0 Å². The van der Waals surface area contributed by atoms with E-state index in [-0.39, 0.29) is 0 Å². The van der Waals surface area contributed by atoms with Gasteiger partial charge in [-0.25, -0.2) is 4.79 Å². The second kappa shape index (κ2) is 5.07. The van der Waals surface area contributed by atoms with Gasteiger partial charge in [0.25, 0.3) is 0 Å². The zero-order valence-electron chi connectivity index (χ0n) is 9.50. The Hall–Kier alpha value is -1.06. The van der Waals surface area contributed by atoms with Gasteiger partial charge >= 0.3 is 5.97 Å². The lowest BCUT2D eigenvalue weighted by Crippen LogP contribution is -1.98. The van der Waals surface area contributed by atoms with Crippen molar-refractivity contribution in [3.05, 3.63) is 33.7 Å². The third-order valence-corrected chi connectivity index (χ3v) is 4.24. The predicted octanol–water partition coefficient (Wildman–Crippen LogP) is 4.60. The standard InChI is InChI=1S/C13H13ClO2S/c1-2-3-5-8-11-9(14)6-4-7-10(11)17-12(8)13(15)16/h4,6-7H,2-3,5H2,1H3,(H,15,16). The number of fused-ring (bicyclic) bond motifs is 1. The van der Waals surface area contributed by atoms with Crippen molar-refractivity contribution in [2.75, 3.05) is 0 Å². The number of hydrogen-bond donors (Lipinski definition) is 1. The summed E-state index contributed by atoms with van der Waals surface area (Å²) in [7, 11) is 0. The van der Waals surface area contributed by atoms with Gasteiger partial charge in [-0.3, -0.25) is 0 Å². The summed E-state index contributed by atoms with van der Waals surface area (Å²) in [4.78, 5) is 11.7. The van der Waals surface area contributed by atoms with Crippen molar-refractivity contribution in [1.29, 1.82) is 0 Å².